The molecule has 1 aliphatic rings. The molecule has 3 rings (SSSR count). The Labute approximate surface area is 154 Å². The summed E-state index contributed by atoms with van der Waals surface area (Å²) in [6.07, 6.45) is 5.52. The Morgan fingerprint density at radius 3 is 2.62 bits per heavy atom. The van der Waals surface area contributed by atoms with Crippen molar-refractivity contribution in [2.45, 2.75) is 51.7 Å². The first-order valence-corrected chi connectivity index (χ1v) is 9.45. The number of thiophene rings is 1. The number of nitrogens with zero attached hydrogens (tertiary/aromatic N) is 2. The molecule has 0 aromatic carbocycles. The lowest BCUT2D eigenvalue weighted by Gasteiger charge is -2.14. The first-order valence-electron chi connectivity index (χ1n) is 8.64. The Morgan fingerprint density at radius 1 is 1.19 bits per heavy atom. The number of hydrogen-bond acceptors (Lipinski definition) is 5. The summed E-state index contributed by atoms with van der Waals surface area (Å²) in [7, 11) is 0. The second-order valence-electron chi connectivity index (χ2n) is 6.47. The fourth-order valence-corrected chi connectivity index (χ4v) is 4.07. The summed E-state index contributed by atoms with van der Waals surface area (Å²) >= 11 is 1.25. The molecule has 2 aromatic rings. The minimum Gasteiger partial charge on any atom is -0.351 e. The van der Waals surface area contributed by atoms with E-state index in [0.717, 1.165) is 35.1 Å². The summed E-state index contributed by atoms with van der Waals surface area (Å²) in [6.45, 7) is 1.51. The normalized spacial score (nSPS) is 14.5. The minimum absolute atomic E-state index is 0.107. The van der Waals surface area contributed by atoms with Gasteiger partial charge in [0.1, 0.15) is 0 Å². The molecule has 0 saturated heterocycles. The molecule has 1 saturated carbocycles. The molecule has 0 aliphatic heterocycles. The Balaban J connectivity index is 1.79. The van der Waals surface area contributed by atoms with E-state index >= 15 is 0 Å². The number of Topliss-reactive ketones (excluding diaryl/α,β-unsaturated/α-hetero) is 1. The molecule has 138 valence electrons. The number of carbonyl (C=O) groups excluding carboxylic acids is 2. The second-order valence-corrected chi connectivity index (χ2v) is 7.64. The van der Waals surface area contributed by atoms with Gasteiger partial charge in [0.25, 0.3) is 5.56 Å². The summed E-state index contributed by atoms with van der Waals surface area (Å²) in [5.74, 6) is -0.429. The quantitative estimate of drug-likeness (QED) is 0.778. The molecular weight excluding hydrogens is 354 g/mol. The van der Waals surface area contributed by atoms with Crippen molar-refractivity contribution >= 4 is 23.0 Å². The van der Waals surface area contributed by atoms with Crippen molar-refractivity contribution in [2.24, 2.45) is 0 Å². The van der Waals surface area contributed by atoms with Crippen LogP contribution in [0, 0.1) is 0 Å². The van der Waals surface area contributed by atoms with Crippen molar-refractivity contribution < 1.29 is 9.59 Å². The van der Waals surface area contributed by atoms with Gasteiger partial charge in [0, 0.05) is 30.1 Å². The molecule has 8 heteroatoms. The van der Waals surface area contributed by atoms with E-state index in [1.54, 1.807) is 16.7 Å². The molecular formula is C18H21N3O4S. The molecule has 1 amide bonds. The van der Waals surface area contributed by atoms with Crippen molar-refractivity contribution in [2.75, 3.05) is 0 Å². The van der Waals surface area contributed by atoms with Crippen LogP contribution < -0.4 is 16.6 Å². The van der Waals surface area contributed by atoms with E-state index in [9.17, 15) is 19.2 Å². The lowest BCUT2D eigenvalue weighted by molar-refractivity contribution is -0.119. The van der Waals surface area contributed by atoms with Gasteiger partial charge in [-0.05, 0) is 25.0 Å². The maximum Gasteiger partial charge on any atom is 0.331 e. The topological polar surface area (TPSA) is 90.2 Å². The average molecular weight is 375 g/mol. The number of aromatic nitrogens is 2. The van der Waals surface area contributed by atoms with Gasteiger partial charge in [0.15, 0.2) is 5.78 Å². The maximum absolute atomic E-state index is 12.7. The van der Waals surface area contributed by atoms with E-state index < -0.39 is 11.2 Å². The van der Waals surface area contributed by atoms with E-state index in [2.05, 4.69) is 5.32 Å². The average Bonchev–Trinajstić information content (AvgIpc) is 3.28. The molecule has 7 nitrogen and oxygen atoms in total. The third kappa shape index (κ3) is 4.01. The lowest BCUT2D eigenvalue weighted by atomic mass is 10.2. The van der Waals surface area contributed by atoms with Crippen LogP contribution in [-0.4, -0.2) is 20.8 Å². The molecule has 1 fully saturated rings. The molecule has 1 aliphatic carbocycles. The number of amides is 1. The van der Waals surface area contributed by atoms with Gasteiger partial charge in [0.2, 0.25) is 5.91 Å². The van der Waals surface area contributed by atoms with Gasteiger partial charge >= 0.3 is 5.69 Å². The van der Waals surface area contributed by atoms with Crippen LogP contribution in [0.5, 0.6) is 0 Å². The first kappa shape index (κ1) is 18.3. The predicted octanol–water partition coefficient (Wildman–Crippen LogP) is 1.71. The van der Waals surface area contributed by atoms with Gasteiger partial charge < -0.3 is 5.32 Å². The second kappa shape index (κ2) is 7.82. The lowest BCUT2D eigenvalue weighted by Crippen LogP contribution is -2.41. The molecule has 2 heterocycles. The van der Waals surface area contributed by atoms with Gasteiger partial charge in [-0.2, -0.15) is 0 Å². The number of nitrogens with one attached hydrogen (secondary N) is 1. The summed E-state index contributed by atoms with van der Waals surface area (Å²) in [4.78, 5) is 49.6. The van der Waals surface area contributed by atoms with Crippen LogP contribution in [0.25, 0.3) is 0 Å². The Morgan fingerprint density at radius 2 is 1.92 bits per heavy atom. The van der Waals surface area contributed by atoms with Crippen LogP contribution in [-0.2, 0) is 17.9 Å². The van der Waals surface area contributed by atoms with Crippen molar-refractivity contribution in [3.05, 3.63) is 55.0 Å². The summed E-state index contributed by atoms with van der Waals surface area (Å²) < 4.78 is 2.59. The number of ketones is 1. The van der Waals surface area contributed by atoms with Gasteiger partial charge in [-0.3, -0.25) is 23.5 Å². The highest BCUT2D eigenvalue weighted by molar-refractivity contribution is 7.14. The van der Waals surface area contributed by atoms with Crippen LogP contribution in [0.15, 0.2) is 34.0 Å². The largest absolute Gasteiger partial charge is 0.351 e. The van der Waals surface area contributed by atoms with Gasteiger partial charge in [-0.25, -0.2) is 4.79 Å². The zero-order chi connectivity index (χ0) is 18.7. The SMILES string of the molecule is CC(=O)NCc1ccc(C(=O)Cn2c(=O)ccn(C3CCCC3)c2=O)s1. The van der Waals surface area contributed by atoms with Crippen LogP contribution in [0.1, 0.15) is 53.2 Å². The van der Waals surface area contributed by atoms with Crippen molar-refractivity contribution in [1.29, 1.82) is 0 Å². The summed E-state index contributed by atoms with van der Waals surface area (Å²) in [6, 6.07) is 4.88. The number of hydrogen-bond donors (Lipinski definition) is 1. The predicted molar refractivity (Wildman–Crippen MR) is 98.6 cm³/mol. The van der Waals surface area contributed by atoms with E-state index in [1.807, 2.05) is 0 Å². The minimum atomic E-state index is -0.465. The molecule has 0 spiro atoms. The van der Waals surface area contributed by atoms with E-state index in [4.69, 9.17) is 0 Å². The Kier molecular flexibility index (Phi) is 5.51. The molecule has 0 atom stereocenters. The molecule has 0 unspecified atom stereocenters. The highest BCUT2D eigenvalue weighted by Crippen LogP contribution is 2.27. The van der Waals surface area contributed by atoms with E-state index in [0.29, 0.717) is 11.4 Å². The fraction of sp³-hybridized carbons (Fsp3) is 0.444. The highest BCUT2D eigenvalue weighted by atomic mass is 32.1. The van der Waals surface area contributed by atoms with E-state index in [-0.39, 0.29) is 24.3 Å². The van der Waals surface area contributed by atoms with Crippen molar-refractivity contribution in [3.8, 4) is 0 Å². The van der Waals surface area contributed by atoms with Crippen molar-refractivity contribution in [1.82, 2.24) is 14.5 Å². The third-order valence-electron chi connectivity index (χ3n) is 4.56. The Bertz CT molecular complexity index is 934. The van der Waals surface area contributed by atoms with Gasteiger partial charge in [-0.15, -0.1) is 11.3 Å². The Hall–Kier alpha value is -2.48. The van der Waals surface area contributed by atoms with Crippen LogP contribution in [0.3, 0.4) is 0 Å². The third-order valence-corrected chi connectivity index (χ3v) is 5.69. The highest BCUT2D eigenvalue weighted by Gasteiger charge is 2.20. The summed E-state index contributed by atoms with van der Waals surface area (Å²) in [5, 5.41) is 2.67. The molecule has 0 radical (unpaired) electrons. The maximum atomic E-state index is 12.7. The first-order chi connectivity index (χ1) is 12.5. The van der Waals surface area contributed by atoms with Crippen LogP contribution >= 0.6 is 11.3 Å². The molecule has 2 aromatic heterocycles. The monoisotopic (exact) mass is 375 g/mol. The van der Waals surface area contributed by atoms with E-state index in [1.165, 1.54) is 30.5 Å². The van der Waals surface area contributed by atoms with Crippen LogP contribution in [0.4, 0.5) is 0 Å². The number of rotatable bonds is 6. The van der Waals surface area contributed by atoms with Gasteiger partial charge in [0.05, 0.1) is 18.0 Å². The molecule has 1 N–H and O–H groups in total. The zero-order valence-electron chi connectivity index (χ0n) is 14.6. The van der Waals surface area contributed by atoms with Gasteiger partial charge in [-0.1, -0.05) is 12.8 Å². The fourth-order valence-electron chi connectivity index (χ4n) is 3.19. The molecule has 0 bridgehead atoms. The molecule has 26 heavy (non-hydrogen) atoms. The zero-order valence-corrected chi connectivity index (χ0v) is 15.4. The summed E-state index contributed by atoms with van der Waals surface area (Å²) in [5.41, 5.74) is -0.889. The standard InChI is InChI=1S/C18H21N3O4S/c1-12(22)19-10-14-6-7-16(26-14)15(23)11-21-17(24)8-9-20(18(21)25)13-4-2-3-5-13/h6-9,13H,2-5,10-11H2,1H3,(H,19,22). The number of carbonyl (C=O) groups is 2. The van der Waals surface area contributed by atoms with Crippen molar-refractivity contribution in [3.63, 3.8) is 0 Å². The van der Waals surface area contributed by atoms with Crippen LogP contribution in [0.2, 0.25) is 0 Å². The smallest absolute Gasteiger partial charge is 0.331 e.